The molecule has 0 aromatic heterocycles. The molecule has 1 aromatic rings. The number of ether oxygens (including phenoxy) is 1. The molecule has 1 aliphatic heterocycles. The van der Waals surface area contributed by atoms with Gasteiger partial charge in [-0.3, -0.25) is 4.79 Å². The van der Waals surface area contributed by atoms with Gasteiger partial charge in [0.15, 0.2) is 0 Å². The summed E-state index contributed by atoms with van der Waals surface area (Å²) in [6.07, 6.45) is 2.65. The molecule has 4 nitrogen and oxygen atoms in total. The lowest BCUT2D eigenvalue weighted by Crippen LogP contribution is -2.40. The minimum atomic E-state index is 0.128. The van der Waals surface area contributed by atoms with Crippen LogP contribution < -0.4 is 10.2 Å². The van der Waals surface area contributed by atoms with Crippen LogP contribution in [0.1, 0.15) is 19.3 Å². The van der Waals surface area contributed by atoms with E-state index in [4.69, 9.17) is 16.3 Å². The molecule has 2 rings (SSSR count). The molecule has 1 fully saturated rings. The number of halogens is 1. The van der Waals surface area contributed by atoms with Crippen molar-refractivity contribution in [1.82, 2.24) is 5.32 Å². The predicted octanol–water partition coefficient (Wildman–Crippen LogP) is 2.71. The number of piperidine rings is 1. The molecule has 5 heteroatoms. The van der Waals surface area contributed by atoms with E-state index < -0.39 is 0 Å². The lowest BCUT2D eigenvalue weighted by atomic mass is 9.95. The number of hydrogen-bond acceptors (Lipinski definition) is 3. The van der Waals surface area contributed by atoms with Gasteiger partial charge in [0.1, 0.15) is 0 Å². The minimum absolute atomic E-state index is 0.128. The molecule has 116 valence electrons. The van der Waals surface area contributed by atoms with Gasteiger partial charge in [-0.25, -0.2) is 0 Å². The van der Waals surface area contributed by atoms with Crippen molar-refractivity contribution in [2.24, 2.45) is 5.92 Å². The zero-order valence-corrected chi connectivity index (χ0v) is 13.2. The van der Waals surface area contributed by atoms with Gasteiger partial charge in [0.2, 0.25) is 5.91 Å². The lowest BCUT2D eigenvalue weighted by Gasteiger charge is -2.33. The second kappa shape index (κ2) is 8.25. The number of benzene rings is 1. The predicted molar refractivity (Wildman–Crippen MR) is 85.9 cm³/mol. The molecule has 0 aliphatic carbocycles. The van der Waals surface area contributed by atoms with E-state index in [-0.39, 0.29) is 11.8 Å². The van der Waals surface area contributed by atoms with E-state index in [1.54, 1.807) is 7.11 Å². The van der Waals surface area contributed by atoms with Gasteiger partial charge in [0.05, 0.1) is 0 Å². The molecule has 1 N–H and O–H groups in total. The van der Waals surface area contributed by atoms with Crippen LogP contribution in [0.15, 0.2) is 24.3 Å². The maximum Gasteiger partial charge on any atom is 0.223 e. The topological polar surface area (TPSA) is 41.6 Å². The van der Waals surface area contributed by atoms with Crippen molar-refractivity contribution >= 4 is 23.2 Å². The van der Waals surface area contributed by atoms with Crippen LogP contribution in [0.4, 0.5) is 5.69 Å². The first-order chi connectivity index (χ1) is 10.2. The summed E-state index contributed by atoms with van der Waals surface area (Å²) >= 11 is 6.03. The van der Waals surface area contributed by atoms with E-state index in [9.17, 15) is 4.79 Å². The molecule has 0 bridgehead atoms. The first kappa shape index (κ1) is 16.1. The number of nitrogens with one attached hydrogen (secondary N) is 1. The molecule has 1 heterocycles. The molecule has 1 aliphatic rings. The lowest BCUT2D eigenvalue weighted by molar-refractivity contribution is -0.125. The summed E-state index contributed by atoms with van der Waals surface area (Å²) in [5.74, 6) is 0.305. The van der Waals surface area contributed by atoms with Crippen LogP contribution in [0.3, 0.4) is 0 Å². The smallest absolute Gasteiger partial charge is 0.223 e. The fourth-order valence-corrected chi connectivity index (χ4v) is 2.83. The minimum Gasteiger partial charge on any atom is -0.385 e. The molecule has 0 spiro atoms. The zero-order chi connectivity index (χ0) is 15.1. The Morgan fingerprint density at radius 2 is 2.19 bits per heavy atom. The second-order valence-corrected chi connectivity index (χ2v) is 5.82. The highest BCUT2D eigenvalue weighted by molar-refractivity contribution is 6.30. The first-order valence-corrected chi connectivity index (χ1v) is 7.85. The highest BCUT2D eigenvalue weighted by Gasteiger charge is 2.24. The van der Waals surface area contributed by atoms with Gasteiger partial charge in [-0.05, 0) is 37.5 Å². The third kappa shape index (κ3) is 4.90. The van der Waals surface area contributed by atoms with E-state index in [1.165, 1.54) is 0 Å². The largest absolute Gasteiger partial charge is 0.385 e. The molecule has 1 aromatic carbocycles. The van der Waals surface area contributed by atoms with Gasteiger partial charge < -0.3 is 15.0 Å². The van der Waals surface area contributed by atoms with Crippen molar-refractivity contribution in [3.8, 4) is 0 Å². The molecule has 1 saturated heterocycles. The first-order valence-electron chi connectivity index (χ1n) is 7.48. The summed E-state index contributed by atoms with van der Waals surface area (Å²) in [5, 5.41) is 3.75. The third-order valence-corrected chi connectivity index (χ3v) is 4.10. The Morgan fingerprint density at radius 3 is 2.86 bits per heavy atom. The second-order valence-electron chi connectivity index (χ2n) is 5.38. The molecule has 21 heavy (non-hydrogen) atoms. The van der Waals surface area contributed by atoms with Crippen LogP contribution in [-0.4, -0.2) is 39.3 Å². The summed E-state index contributed by atoms with van der Waals surface area (Å²) in [6, 6.07) is 7.89. The highest BCUT2D eigenvalue weighted by Crippen LogP contribution is 2.25. The van der Waals surface area contributed by atoms with E-state index in [2.05, 4.69) is 16.3 Å². The number of nitrogens with zero attached hydrogens (tertiary/aromatic N) is 1. The van der Waals surface area contributed by atoms with Crippen molar-refractivity contribution in [2.75, 3.05) is 38.3 Å². The van der Waals surface area contributed by atoms with Crippen molar-refractivity contribution < 1.29 is 9.53 Å². The Bertz CT molecular complexity index is 459. The number of anilines is 1. The summed E-state index contributed by atoms with van der Waals surface area (Å²) in [7, 11) is 1.67. The maximum atomic E-state index is 12.1. The standard InChI is InChI=1S/C16H23ClN2O2/c1-21-11-3-8-18-16(20)13-6-9-19(10-7-13)15-5-2-4-14(17)12-15/h2,4-5,12-13H,3,6-11H2,1H3,(H,18,20). The van der Waals surface area contributed by atoms with Gasteiger partial charge in [-0.15, -0.1) is 0 Å². The van der Waals surface area contributed by atoms with Gasteiger partial charge in [-0.1, -0.05) is 17.7 Å². The summed E-state index contributed by atoms with van der Waals surface area (Å²) < 4.78 is 4.97. The molecule has 0 unspecified atom stereocenters. The molecular formula is C16H23ClN2O2. The molecule has 1 amide bonds. The van der Waals surface area contributed by atoms with E-state index >= 15 is 0 Å². The highest BCUT2D eigenvalue weighted by atomic mass is 35.5. The fourth-order valence-electron chi connectivity index (χ4n) is 2.65. The van der Waals surface area contributed by atoms with Gasteiger partial charge in [0, 0.05) is 50.0 Å². The van der Waals surface area contributed by atoms with Crippen molar-refractivity contribution in [2.45, 2.75) is 19.3 Å². The maximum absolute atomic E-state index is 12.1. The number of carbonyl (C=O) groups excluding carboxylic acids is 1. The molecular weight excluding hydrogens is 288 g/mol. The summed E-state index contributed by atoms with van der Waals surface area (Å²) in [4.78, 5) is 14.4. The van der Waals surface area contributed by atoms with Crippen molar-refractivity contribution in [3.05, 3.63) is 29.3 Å². The molecule has 0 saturated carbocycles. The third-order valence-electron chi connectivity index (χ3n) is 3.86. The van der Waals surface area contributed by atoms with E-state index in [0.29, 0.717) is 13.2 Å². The SMILES string of the molecule is COCCCNC(=O)C1CCN(c2cccc(Cl)c2)CC1. The van der Waals surface area contributed by atoms with Crippen LogP contribution in [0.25, 0.3) is 0 Å². The number of hydrogen-bond donors (Lipinski definition) is 1. The van der Waals surface area contributed by atoms with Gasteiger partial charge >= 0.3 is 0 Å². The Labute approximate surface area is 131 Å². The fraction of sp³-hybridized carbons (Fsp3) is 0.562. The average molecular weight is 311 g/mol. The van der Waals surface area contributed by atoms with E-state index in [1.807, 2.05) is 18.2 Å². The summed E-state index contributed by atoms with van der Waals surface area (Å²) in [6.45, 7) is 3.18. The average Bonchev–Trinajstić information content (AvgIpc) is 2.51. The Morgan fingerprint density at radius 1 is 1.43 bits per heavy atom. The number of rotatable bonds is 6. The van der Waals surface area contributed by atoms with Gasteiger partial charge in [0.25, 0.3) is 0 Å². The van der Waals surface area contributed by atoms with Crippen LogP contribution in [0, 0.1) is 5.92 Å². The number of amides is 1. The Balaban J connectivity index is 1.76. The molecule has 0 radical (unpaired) electrons. The molecule has 0 atom stereocenters. The van der Waals surface area contributed by atoms with Crippen LogP contribution in [0.5, 0.6) is 0 Å². The Kier molecular flexibility index (Phi) is 6.33. The van der Waals surface area contributed by atoms with E-state index in [0.717, 1.165) is 43.1 Å². The zero-order valence-electron chi connectivity index (χ0n) is 12.5. The van der Waals surface area contributed by atoms with Crippen LogP contribution >= 0.6 is 11.6 Å². The van der Waals surface area contributed by atoms with Crippen LogP contribution in [0.2, 0.25) is 5.02 Å². The van der Waals surface area contributed by atoms with Crippen molar-refractivity contribution in [3.63, 3.8) is 0 Å². The number of carbonyl (C=O) groups is 1. The van der Waals surface area contributed by atoms with Crippen molar-refractivity contribution in [1.29, 1.82) is 0 Å². The van der Waals surface area contributed by atoms with Gasteiger partial charge in [-0.2, -0.15) is 0 Å². The number of methoxy groups -OCH3 is 1. The van der Waals surface area contributed by atoms with Crippen LogP contribution in [-0.2, 0) is 9.53 Å². The summed E-state index contributed by atoms with van der Waals surface area (Å²) in [5.41, 5.74) is 1.14. The quantitative estimate of drug-likeness (QED) is 0.821. The normalized spacial score (nSPS) is 16.0. The Hall–Kier alpha value is -1.26. The monoisotopic (exact) mass is 310 g/mol.